The van der Waals surface area contributed by atoms with Crippen LogP contribution in [-0.2, 0) is 23.1 Å². The van der Waals surface area contributed by atoms with Crippen molar-refractivity contribution in [1.29, 1.82) is 0 Å². The van der Waals surface area contributed by atoms with E-state index in [1.54, 1.807) is 34.1 Å². The van der Waals surface area contributed by atoms with Crippen LogP contribution in [0.15, 0.2) is 59.5 Å². The Hall–Kier alpha value is -3.48. The fourth-order valence-electron chi connectivity index (χ4n) is 5.61. The van der Waals surface area contributed by atoms with Gasteiger partial charge in [-0.15, -0.1) is 15.9 Å². The van der Waals surface area contributed by atoms with E-state index in [4.69, 9.17) is 15.2 Å². The van der Waals surface area contributed by atoms with Gasteiger partial charge in [-0.2, -0.15) is 4.31 Å². The molecule has 3 aromatic carbocycles. The van der Waals surface area contributed by atoms with Gasteiger partial charge < -0.3 is 15.2 Å². The quantitative estimate of drug-likeness (QED) is 0.232. The fourth-order valence-corrected chi connectivity index (χ4v) is 7.23. The van der Waals surface area contributed by atoms with Gasteiger partial charge in [0.15, 0.2) is 0 Å². The molecule has 0 fully saturated rings. The largest absolute Gasteiger partial charge is 0.487 e. The van der Waals surface area contributed by atoms with Crippen LogP contribution >= 0.6 is 10.8 Å². The molecule has 1 aromatic heterocycles. The Kier molecular flexibility index (Phi) is 8.58. The van der Waals surface area contributed by atoms with E-state index in [0.29, 0.717) is 23.6 Å². The van der Waals surface area contributed by atoms with Gasteiger partial charge in [0.2, 0.25) is 0 Å². The molecule has 4 aromatic rings. The van der Waals surface area contributed by atoms with Crippen molar-refractivity contribution in [1.82, 2.24) is 19.3 Å². The highest BCUT2D eigenvalue weighted by Crippen LogP contribution is 2.57. The smallest absolute Gasteiger partial charge is 0.323 e. The first-order chi connectivity index (χ1) is 20.1. The zero-order valence-electron chi connectivity index (χ0n) is 24.7. The minimum atomic E-state index is -3.34. The van der Waals surface area contributed by atoms with Gasteiger partial charge in [0.05, 0.1) is 18.7 Å². The third-order valence-corrected chi connectivity index (χ3v) is 10.00. The summed E-state index contributed by atoms with van der Waals surface area (Å²) in [6.45, 7) is 8.54. The Balaban J connectivity index is 1.58. The van der Waals surface area contributed by atoms with Crippen LogP contribution in [0, 0.1) is 13.8 Å². The van der Waals surface area contributed by atoms with E-state index < -0.39 is 28.7 Å². The second-order valence-electron chi connectivity index (χ2n) is 10.7. The number of hydrogen-bond acceptors (Lipinski definition) is 9. The molecule has 2 heterocycles. The summed E-state index contributed by atoms with van der Waals surface area (Å²) in [5.74, 6) is -0.538. The van der Waals surface area contributed by atoms with Gasteiger partial charge in [0.1, 0.15) is 28.3 Å². The number of carbonyl (C=O) groups excluding carboxylic acids is 1. The Morgan fingerprint density at radius 3 is 2.67 bits per heavy atom. The number of hydrogen-bond donors (Lipinski definition) is 3. The molecule has 0 spiro atoms. The number of aromatic nitrogens is 3. The maximum atomic E-state index is 13.0. The standard InChI is InChI=1S/C31H39N5O5S/c1-6-23-18-36(42(38,39)27-11-9-8-10-26(27)41-23)17-22-16-21(13-12-19(22)3)28(29(32)31(37)40-7-2)24-14-15-25-30(20(24)4)33-34-35(25)5/h8-16,23,28-29,38-39H,6-7,17-18,32H2,1-5H3/t23-,28?,29?/m1/s1. The molecule has 42 heavy (non-hydrogen) atoms. The normalized spacial score (nSPS) is 18.9. The van der Waals surface area contributed by atoms with Crippen molar-refractivity contribution >= 4 is 27.8 Å². The summed E-state index contributed by atoms with van der Waals surface area (Å²) in [6.07, 6.45) is 0.495. The number of nitrogens with zero attached hydrogens (tertiary/aromatic N) is 4. The SMILES string of the molecule is CCOC(=O)C(N)C(c1ccc(C)c(CN2C[C@@H](CC)Oc3ccccc3S2(O)O)c1)c1ccc2c(nnn2C)c1C. The molecule has 224 valence electrons. The van der Waals surface area contributed by atoms with Crippen LogP contribution < -0.4 is 10.5 Å². The number of esters is 1. The number of para-hydroxylation sites is 1. The van der Waals surface area contributed by atoms with Crippen molar-refractivity contribution < 1.29 is 23.4 Å². The zero-order chi connectivity index (χ0) is 30.2. The molecule has 2 unspecified atom stereocenters. The zero-order valence-corrected chi connectivity index (χ0v) is 25.5. The van der Waals surface area contributed by atoms with Crippen molar-refractivity contribution in [2.75, 3.05) is 13.2 Å². The molecule has 0 saturated carbocycles. The summed E-state index contributed by atoms with van der Waals surface area (Å²) in [6, 6.07) is 16.0. The van der Waals surface area contributed by atoms with Crippen LogP contribution in [0.5, 0.6) is 5.75 Å². The van der Waals surface area contributed by atoms with Gasteiger partial charge in [-0.3, -0.25) is 13.9 Å². The van der Waals surface area contributed by atoms with Gasteiger partial charge in [-0.05, 0) is 73.2 Å². The Morgan fingerprint density at radius 1 is 1.17 bits per heavy atom. The third kappa shape index (κ3) is 5.50. The summed E-state index contributed by atoms with van der Waals surface area (Å²) < 4.78 is 38.0. The average Bonchev–Trinajstić information content (AvgIpc) is 3.31. The number of nitrogens with two attached hydrogens (primary N) is 1. The molecule has 5 rings (SSSR count). The molecule has 0 amide bonds. The van der Waals surface area contributed by atoms with Crippen molar-refractivity contribution in [3.8, 4) is 5.75 Å². The van der Waals surface area contributed by atoms with Crippen LogP contribution in [0.25, 0.3) is 11.0 Å². The monoisotopic (exact) mass is 593 g/mol. The lowest BCUT2D eigenvalue weighted by molar-refractivity contribution is -0.145. The minimum absolute atomic E-state index is 0.213. The lowest BCUT2D eigenvalue weighted by Crippen LogP contribution is -2.39. The number of aryl methyl sites for hydroxylation is 3. The van der Waals surface area contributed by atoms with Gasteiger partial charge in [-0.25, -0.2) is 4.68 Å². The van der Waals surface area contributed by atoms with Crippen molar-refractivity contribution in [3.05, 3.63) is 82.4 Å². The van der Waals surface area contributed by atoms with Gasteiger partial charge >= 0.3 is 5.97 Å². The highest BCUT2D eigenvalue weighted by molar-refractivity contribution is 8.22. The van der Waals surface area contributed by atoms with E-state index in [1.165, 1.54) is 0 Å². The summed E-state index contributed by atoms with van der Waals surface area (Å²) >= 11 is 0. The minimum Gasteiger partial charge on any atom is -0.487 e. The summed E-state index contributed by atoms with van der Waals surface area (Å²) in [4.78, 5) is 13.4. The number of carbonyl (C=O) groups is 1. The first-order valence-electron chi connectivity index (χ1n) is 14.2. The van der Waals surface area contributed by atoms with E-state index in [0.717, 1.165) is 38.9 Å². The Bertz CT molecular complexity index is 1610. The number of benzene rings is 3. The molecular formula is C31H39N5O5S. The molecule has 0 saturated heterocycles. The molecule has 1 aliphatic rings. The van der Waals surface area contributed by atoms with E-state index in [-0.39, 0.29) is 19.3 Å². The maximum Gasteiger partial charge on any atom is 0.323 e. The lowest BCUT2D eigenvalue weighted by atomic mass is 9.82. The first-order valence-corrected chi connectivity index (χ1v) is 15.7. The molecule has 0 radical (unpaired) electrons. The molecule has 0 aliphatic carbocycles. The predicted molar refractivity (Wildman–Crippen MR) is 164 cm³/mol. The lowest BCUT2D eigenvalue weighted by Gasteiger charge is -2.42. The Labute approximate surface area is 247 Å². The highest BCUT2D eigenvalue weighted by atomic mass is 32.3. The number of rotatable bonds is 8. The second kappa shape index (κ2) is 12.0. The van der Waals surface area contributed by atoms with Crippen molar-refractivity contribution in [2.24, 2.45) is 12.8 Å². The fraction of sp³-hybridized carbons (Fsp3) is 0.387. The van der Waals surface area contributed by atoms with E-state index in [1.807, 2.05) is 64.2 Å². The number of ether oxygens (including phenoxy) is 2. The topological polar surface area (TPSA) is 136 Å². The number of fused-ring (bicyclic) bond motifs is 2. The second-order valence-corrected chi connectivity index (χ2v) is 12.7. The molecule has 1 aliphatic heterocycles. The van der Waals surface area contributed by atoms with Crippen LogP contribution in [0.4, 0.5) is 0 Å². The van der Waals surface area contributed by atoms with E-state index in [2.05, 4.69) is 10.3 Å². The average molecular weight is 594 g/mol. The molecule has 10 nitrogen and oxygen atoms in total. The van der Waals surface area contributed by atoms with Crippen LogP contribution in [-0.4, -0.2) is 59.7 Å². The molecule has 3 atom stereocenters. The van der Waals surface area contributed by atoms with Gasteiger partial charge in [-0.1, -0.05) is 48.5 Å². The van der Waals surface area contributed by atoms with Crippen LogP contribution in [0.3, 0.4) is 0 Å². The summed E-state index contributed by atoms with van der Waals surface area (Å²) in [5, 5.41) is 8.51. The Morgan fingerprint density at radius 2 is 1.93 bits per heavy atom. The van der Waals surface area contributed by atoms with Gasteiger partial charge in [0.25, 0.3) is 0 Å². The first kappa shape index (κ1) is 30.0. The van der Waals surface area contributed by atoms with Crippen LogP contribution in [0.1, 0.15) is 54.0 Å². The van der Waals surface area contributed by atoms with Crippen LogP contribution in [0.2, 0.25) is 0 Å². The summed E-state index contributed by atoms with van der Waals surface area (Å²) in [5.41, 5.74) is 12.7. The predicted octanol–water partition coefficient (Wildman–Crippen LogP) is 5.31. The molecule has 0 bridgehead atoms. The van der Waals surface area contributed by atoms with E-state index in [9.17, 15) is 13.9 Å². The summed E-state index contributed by atoms with van der Waals surface area (Å²) in [7, 11) is -1.50. The molecule has 11 heteroatoms. The van der Waals surface area contributed by atoms with Crippen molar-refractivity contribution in [3.63, 3.8) is 0 Å². The maximum absolute atomic E-state index is 13.0. The molecular weight excluding hydrogens is 554 g/mol. The highest BCUT2D eigenvalue weighted by Gasteiger charge is 2.36. The van der Waals surface area contributed by atoms with Crippen molar-refractivity contribution in [2.45, 2.75) is 63.6 Å². The third-order valence-electron chi connectivity index (χ3n) is 8.07. The van der Waals surface area contributed by atoms with E-state index >= 15 is 0 Å². The van der Waals surface area contributed by atoms with Gasteiger partial charge in [0, 0.05) is 19.5 Å². The molecule has 4 N–H and O–H groups in total.